The maximum Gasteiger partial charge on any atom is 0.329 e. The van der Waals surface area contributed by atoms with Crippen LogP contribution in [0.4, 0.5) is 0 Å². The van der Waals surface area contributed by atoms with E-state index in [0.29, 0.717) is 24.4 Å². The second-order valence-electron chi connectivity index (χ2n) is 6.22. The van der Waals surface area contributed by atoms with Crippen LogP contribution in [0, 0.1) is 0 Å². The second-order valence-corrected chi connectivity index (χ2v) is 9.08. The number of ether oxygens (including phenoxy) is 1. The maximum absolute atomic E-state index is 12.5. The molecule has 1 fully saturated rings. The Morgan fingerprint density at radius 2 is 2.19 bits per heavy atom. The van der Waals surface area contributed by atoms with E-state index in [1.807, 2.05) is 22.9 Å². The minimum atomic E-state index is -0.619. The summed E-state index contributed by atoms with van der Waals surface area (Å²) in [7, 11) is 1.67. The van der Waals surface area contributed by atoms with Crippen molar-refractivity contribution >= 4 is 56.4 Å². The van der Waals surface area contributed by atoms with Gasteiger partial charge in [-0.15, -0.1) is 22.7 Å². The lowest BCUT2D eigenvalue weighted by Crippen LogP contribution is -2.42. The van der Waals surface area contributed by atoms with Gasteiger partial charge in [-0.3, -0.25) is 9.59 Å². The minimum absolute atomic E-state index is 0.156. The van der Waals surface area contributed by atoms with Gasteiger partial charge in [0.15, 0.2) is 6.61 Å². The number of thiophene rings is 2. The van der Waals surface area contributed by atoms with E-state index in [1.54, 1.807) is 29.4 Å². The molecular weight excluding hydrogens is 452 g/mol. The predicted octanol–water partition coefficient (Wildman–Crippen LogP) is 3.38. The predicted molar refractivity (Wildman–Crippen MR) is 108 cm³/mol. The van der Waals surface area contributed by atoms with Crippen LogP contribution in [0.15, 0.2) is 33.4 Å². The molecule has 0 aromatic carbocycles. The first-order valence-corrected chi connectivity index (χ1v) is 11.0. The van der Waals surface area contributed by atoms with Crippen molar-refractivity contribution in [3.05, 3.63) is 43.2 Å². The van der Waals surface area contributed by atoms with E-state index in [1.165, 1.54) is 16.2 Å². The normalized spacial score (nSPS) is 16.4. The molecule has 0 saturated carbocycles. The Hall–Kier alpha value is -1.71. The molecule has 0 radical (unpaired) electrons. The quantitative estimate of drug-likeness (QED) is 0.606. The highest BCUT2D eigenvalue weighted by molar-refractivity contribution is 9.10. The number of esters is 1. The van der Waals surface area contributed by atoms with Gasteiger partial charge in [-0.05, 0) is 46.3 Å². The number of hydrogen-bond acceptors (Lipinski definition) is 6. The molecule has 9 heteroatoms. The third-order valence-corrected chi connectivity index (χ3v) is 6.84. The monoisotopic (exact) mass is 470 g/mol. The number of likely N-dealkylation sites (tertiary alicyclic amines) is 1. The molecule has 1 saturated heterocycles. The Morgan fingerprint density at radius 1 is 1.37 bits per heavy atom. The van der Waals surface area contributed by atoms with E-state index in [2.05, 4.69) is 15.9 Å². The lowest BCUT2D eigenvalue weighted by Gasteiger charge is -2.23. The molecule has 1 aliphatic rings. The van der Waals surface area contributed by atoms with Gasteiger partial charge in [0.25, 0.3) is 11.8 Å². The van der Waals surface area contributed by atoms with Gasteiger partial charge < -0.3 is 14.5 Å². The molecule has 2 amide bonds. The van der Waals surface area contributed by atoms with Crippen LogP contribution in [0.5, 0.6) is 0 Å². The lowest BCUT2D eigenvalue weighted by molar-refractivity contribution is -0.154. The number of carbonyl (C=O) groups excluding carboxylic acids is 3. The maximum atomic E-state index is 12.5. The van der Waals surface area contributed by atoms with Gasteiger partial charge in [0.05, 0.1) is 11.4 Å². The average Bonchev–Trinajstić information content (AvgIpc) is 3.40. The first-order valence-electron chi connectivity index (χ1n) is 8.43. The molecule has 6 nitrogen and oxygen atoms in total. The minimum Gasteiger partial charge on any atom is -0.454 e. The molecule has 1 atom stereocenters. The summed E-state index contributed by atoms with van der Waals surface area (Å²) in [6, 6.07) is 4.88. The summed E-state index contributed by atoms with van der Waals surface area (Å²) in [6.45, 7) is 0.663. The summed E-state index contributed by atoms with van der Waals surface area (Å²) < 4.78 is 6.20. The van der Waals surface area contributed by atoms with Crippen LogP contribution < -0.4 is 0 Å². The molecule has 0 spiro atoms. The standard InChI is InChI=1S/C18H19BrN2O4S2/c1-20(9-13-8-12(19)11-27-13)16(22)10-25-18(24)14-4-2-6-21(14)17(23)15-5-3-7-26-15/h3,5,7-8,11,14H,2,4,6,9-10H2,1H3/t14-/m0/s1. The van der Waals surface area contributed by atoms with Crippen LogP contribution in [0.1, 0.15) is 27.4 Å². The van der Waals surface area contributed by atoms with E-state index in [4.69, 9.17) is 4.74 Å². The van der Waals surface area contributed by atoms with Gasteiger partial charge in [-0.2, -0.15) is 0 Å². The molecule has 27 heavy (non-hydrogen) atoms. The fourth-order valence-electron chi connectivity index (χ4n) is 2.89. The lowest BCUT2D eigenvalue weighted by atomic mass is 10.2. The van der Waals surface area contributed by atoms with Crippen molar-refractivity contribution in [3.63, 3.8) is 0 Å². The van der Waals surface area contributed by atoms with Crippen LogP contribution in [-0.4, -0.2) is 53.8 Å². The van der Waals surface area contributed by atoms with E-state index in [0.717, 1.165) is 15.8 Å². The third kappa shape index (κ3) is 4.97. The van der Waals surface area contributed by atoms with Crippen LogP contribution in [0.25, 0.3) is 0 Å². The summed E-state index contributed by atoms with van der Waals surface area (Å²) >= 11 is 6.28. The van der Waals surface area contributed by atoms with Crippen molar-refractivity contribution in [2.24, 2.45) is 0 Å². The number of rotatable bonds is 6. The molecule has 0 unspecified atom stereocenters. The highest BCUT2D eigenvalue weighted by atomic mass is 79.9. The number of nitrogens with zero attached hydrogens (tertiary/aromatic N) is 2. The summed E-state index contributed by atoms with van der Waals surface area (Å²) in [5.74, 6) is -0.948. The summed E-state index contributed by atoms with van der Waals surface area (Å²) in [5, 5.41) is 3.78. The van der Waals surface area contributed by atoms with E-state index in [-0.39, 0.29) is 18.4 Å². The van der Waals surface area contributed by atoms with Crippen molar-refractivity contribution in [2.45, 2.75) is 25.4 Å². The first kappa shape index (κ1) is 20.0. The fraction of sp³-hybridized carbons (Fsp3) is 0.389. The number of amides is 2. The van der Waals surface area contributed by atoms with Gasteiger partial charge in [0.1, 0.15) is 6.04 Å². The molecule has 2 aromatic rings. The first-order chi connectivity index (χ1) is 13.0. The number of carbonyl (C=O) groups is 3. The van der Waals surface area contributed by atoms with Gasteiger partial charge in [0.2, 0.25) is 0 Å². The zero-order valence-corrected chi connectivity index (χ0v) is 17.9. The van der Waals surface area contributed by atoms with Crippen molar-refractivity contribution in [1.29, 1.82) is 0 Å². The Morgan fingerprint density at radius 3 is 2.85 bits per heavy atom. The molecule has 0 aliphatic carbocycles. The van der Waals surface area contributed by atoms with Gasteiger partial charge in [-0.1, -0.05) is 6.07 Å². The highest BCUT2D eigenvalue weighted by Gasteiger charge is 2.36. The Labute approximate surface area is 173 Å². The highest BCUT2D eigenvalue weighted by Crippen LogP contribution is 2.23. The Bertz CT molecular complexity index is 821. The SMILES string of the molecule is CN(Cc1cc(Br)cs1)C(=O)COC(=O)[C@@H]1CCCN1C(=O)c1cccs1. The molecule has 1 aliphatic heterocycles. The van der Waals surface area contributed by atoms with Crippen molar-refractivity contribution in [2.75, 3.05) is 20.2 Å². The van der Waals surface area contributed by atoms with Gasteiger partial charge in [-0.25, -0.2) is 4.79 Å². The van der Waals surface area contributed by atoms with Crippen LogP contribution in [0.2, 0.25) is 0 Å². The van der Waals surface area contributed by atoms with Crippen LogP contribution in [-0.2, 0) is 20.9 Å². The summed E-state index contributed by atoms with van der Waals surface area (Å²) in [5.41, 5.74) is 0. The molecule has 0 N–H and O–H groups in total. The summed E-state index contributed by atoms with van der Waals surface area (Å²) in [4.78, 5) is 41.9. The van der Waals surface area contributed by atoms with Crippen LogP contribution >= 0.6 is 38.6 Å². The molecule has 3 heterocycles. The molecule has 144 valence electrons. The third-order valence-electron chi connectivity index (χ3n) is 4.30. The molecule has 3 rings (SSSR count). The zero-order chi connectivity index (χ0) is 19.4. The topological polar surface area (TPSA) is 66.9 Å². The van der Waals surface area contributed by atoms with Crippen molar-refractivity contribution in [3.8, 4) is 0 Å². The molecular formula is C18H19BrN2O4S2. The zero-order valence-electron chi connectivity index (χ0n) is 14.7. The number of halogens is 1. The largest absolute Gasteiger partial charge is 0.454 e. The van der Waals surface area contributed by atoms with Gasteiger partial charge in [0, 0.05) is 28.3 Å². The number of hydrogen-bond donors (Lipinski definition) is 0. The fourth-order valence-corrected chi connectivity index (χ4v) is 5.08. The Kier molecular flexibility index (Phi) is 6.67. The van der Waals surface area contributed by atoms with Crippen molar-refractivity contribution < 1.29 is 19.1 Å². The Balaban J connectivity index is 1.52. The van der Waals surface area contributed by atoms with E-state index >= 15 is 0 Å². The number of likely N-dealkylation sites (N-methyl/N-ethyl adjacent to an activating group) is 1. The smallest absolute Gasteiger partial charge is 0.329 e. The van der Waals surface area contributed by atoms with Crippen LogP contribution in [0.3, 0.4) is 0 Å². The average molecular weight is 471 g/mol. The van der Waals surface area contributed by atoms with E-state index < -0.39 is 12.0 Å². The van der Waals surface area contributed by atoms with E-state index in [9.17, 15) is 14.4 Å². The molecule has 0 bridgehead atoms. The molecule has 2 aromatic heterocycles. The van der Waals surface area contributed by atoms with Gasteiger partial charge >= 0.3 is 5.97 Å². The van der Waals surface area contributed by atoms with Crippen molar-refractivity contribution in [1.82, 2.24) is 9.80 Å². The second kappa shape index (κ2) is 8.99. The summed E-state index contributed by atoms with van der Waals surface area (Å²) in [6.07, 6.45) is 1.31.